The Morgan fingerprint density at radius 2 is 1.76 bits per heavy atom. The van der Waals surface area contributed by atoms with Gasteiger partial charge < -0.3 is 15.8 Å². The van der Waals surface area contributed by atoms with Gasteiger partial charge in [-0.3, -0.25) is 9.59 Å². The van der Waals surface area contributed by atoms with Crippen LogP contribution in [-0.4, -0.2) is 29.9 Å². The number of aryl methyl sites for hydroxylation is 1. The first-order valence-corrected chi connectivity index (χ1v) is 14.9. The van der Waals surface area contributed by atoms with Crippen molar-refractivity contribution in [1.82, 2.24) is 10.3 Å². The van der Waals surface area contributed by atoms with Crippen LogP contribution >= 0.6 is 15.9 Å². The summed E-state index contributed by atoms with van der Waals surface area (Å²) in [4.78, 5) is 28.1. The maximum atomic E-state index is 13.0. The maximum Gasteiger partial charge on any atom is 0.416 e. The number of carbonyl (C=O) groups is 2. The molecule has 1 heterocycles. The molecule has 0 saturated heterocycles. The standard InChI is InChI=1S/C18H23F3N2O2.C7H8BrNO.C6H14/c1-10(2)8-15(16(22)24)23-17(25)13-7-6-12(18(19,20)21)9-14(13)11-4-3-5-11;1-5-3-6(8)4-9-7(5)10-2;1-4-6(3)5-2/h6-7,9-11,15H,3-5,8H2,1-2H3,(H2,22,24)(H,23,25);3-4H,1-2H3;6H,4-5H2,1-3H3. The van der Waals surface area contributed by atoms with Gasteiger partial charge in [-0.15, -0.1) is 0 Å². The van der Waals surface area contributed by atoms with Crippen molar-refractivity contribution in [3.05, 3.63) is 57.2 Å². The summed E-state index contributed by atoms with van der Waals surface area (Å²) in [5, 5.41) is 2.57. The molecule has 10 heteroatoms. The van der Waals surface area contributed by atoms with Crippen LogP contribution in [0.5, 0.6) is 5.88 Å². The van der Waals surface area contributed by atoms with Gasteiger partial charge in [0.25, 0.3) is 5.91 Å². The highest BCUT2D eigenvalue weighted by atomic mass is 79.9. The van der Waals surface area contributed by atoms with Gasteiger partial charge in [-0.2, -0.15) is 13.2 Å². The number of halogens is 4. The normalized spacial score (nSPS) is 13.8. The Kier molecular flexibility index (Phi) is 15.4. The molecule has 3 N–H and O–H groups in total. The van der Waals surface area contributed by atoms with Crippen molar-refractivity contribution in [1.29, 1.82) is 0 Å². The molecule has 1 aliphatic carbocycles. The molecule has 0 spiro atoms. The second-order valence-corrected chi connectivity index (χ2v) is 11.8. The monoisotopic (exact) mass is 643 g/mol. The summed E-state index contributed by atoms with van der Waals surface area (Å²) in [5.41, 5.74) is 6.18. The highest BCUT2D eigenvalue weighted by molar-refractivity contribution is 9.10. The fourth-order valence-corrected chi connectivity index (χ4v) is 4.43. The summed E-state index contributed by atoms with van der Waals surface area (Å²) in [6, 6.07) is 4.27. The molecule has 1 fully saturated rings. The number of hydrogen-bond acceptors (Lipinski definition) is 4. The number of amides is 2. The van der Waals surface area contributed by atoms with Gasteiger partial charge in [-0.25, -0.2) is 4.98 Å². The van der Waals surface area contributed by atoms with E-state index in [9.17, 15) is 22.8 Å². The number of pyridine rings is 1. The molecule has 2 amide bonds. The smallest absolute Gasteiger partial charge is 0.416 e. The molecular formula is C31H45BrF3N3O3. The van der Waals surface area contributed by atoms with Crippen molar-refractivity contribution >= 4 is 27.7 Å². The largest absolute Gasteiger partial charge is 0.481 e. The van der Waals surface area contributed by atoms with Crippen LogP contribution < -0.4 is 15.8 Å². The quantitative estimate of drug-likeness (QED) is 0.288. The molecule has 3 rings (SSSR count). The fourth-order valence-electron chi connectivity index (χ4n) is 3.99. The van der Waals surface area contributed by atoms with E-state index in [0.717, 1.165) is 47.3 Å². The summed E-state index contributed by atoms with van der Waals surface area (Å²) in [6.45, 7) is 12.5. The molecule has 1 unspecified atom stereocenters. The molecule has 0 bridgehead atoms. The topological polar surface area (TPSA) is 94.3 Å². The number of methoxy groups -OCH3 is 1. The lowest BCUT2D eigenvalue weighted by atomic mass is 9.77. The molecule has 0 radical (unpaired) electrons. The van der Waals surface area contributed by atoms with Gasteiger partial charge in [0.05, 0.1) is 12.7 Å². The highest BCUT2D eigenvalue weighted by Gasteiger charge is 2.34. The summed E-state index contributed by atoms with van der Waals surface area (Å²) >= 11 is 3.31. The Morgan fingerprint density at radius 3 is 2.15 bits per heavy atom. The zero-order chi connectivity index (χ0) is 31.3. The Labute approximate surface area is 251 Å². The SMILES string of the molecule is CC(C)CC(NC(=O)c1ccc(C(F)(F)F)cc1C1CCC1)C(N)=O.CCC(C)CC.COc1ncc(Br)cc1C. The van der Waals surface area contributed by atoms with Crippen LogP contribution in [0.4, 0.5) is 13.2 Å². The number of benzene rings is 1. The van der Waals surface area contributed by atoms with E-state index in [1.54, 1.807) is 13.3 Å². The Bertz CT molecular complexity index is 1120. The number of hydrogen-bond donors (Lipinski definition) is 2. The van der Waals surface area contributed by atoms with Crippen molar-refractivity contribution in [2.45, 2.75) is 98.2 Å². The first-order valence-electron chi connectivity index (χ1n) is 14.1. The van der Waals surface area contributed by atoms with Crippen molar-refractivity contribution in [2.24, 2.45) is 17.6 Å². The first kappa shape index (κ1) is 36.4. The number of alkyl halides is 3. The van der Waals surface area contributed by atoms with Crippen LogP contribution in [0, 0.1) is 18.8 Å². The lowest BCUT2D eigenvalue weighted by Crippen LogP contribution is -2.45. The van der Waals surface area contributed by atoms with Crippen LogP contribution in [-0.2, 0) is 11.0 Å². The number of aromatic nitrogens is 1. The molecule has 2 aromatic rings. The summed E-state index contributed by atoms with van der Waals surface area (Å²) in [5.74, 6) is 0.490. The van der Waals surface area contributed by atoms with Gasteiger partial charge in [0.15, 0.2) is 0 Å². The van der Waals surface area contributed by atoms with E-state index in [2.05, 4.69) is 47.0 Å². The molecule has 1 aromatic heterocycles. The van der Waals surface area contributed by atoms with Gasteiger partial charge in [0, 0.05) is 21.8 Å². The average molecular weight is 645 g/mol. The van der Waals surface area contributed by atoms with Crippen LogP contribution in [0.1, 0.15) is 106 Å². The number of ether oxygens (including phenoxy) is 1. The van der Waals surface area contributed by atoms with Crippen LogP contribution in [0.3, 0.4) is 0 Å². The molecule has 6 nitrogen and oxygen atoms in total. The predicted octanol–water partition coefficient (Wildman–Crippen LogP) is 8.21. The third kappa shape index (κ3) is 12.4. The van der Waals surface area contributed by atoms with Crippen LogP contribution in [0.15, 0.2) is 34.9 Å². The van der Waals surface area contributed by atoms with Crippen molar-refractivity contribution in [2.75, 3.05) is 7.11 Å². The molecule has 1 aromatic carbocycles. The lowest BCUT2D eigenvalue weighted by molar-refractivity contribution is -0.137. The second-order valence-electron chi connectivity index (χ2n) is 10.9. The molecular weight excluding hydrogens is 599 g/mol. The molecule has 1 aliphatic rings. The highest BCUT2D eigenvalue weighted by Crippen LogP contribution is 2.40. The van der Waals surface area contributed by atoms with E-state index in [1.165, 1.54) is 18.9 Å². The van der Waals surface area contributed by atoms with Crippen molar-refractivity contribution < 1.29 is 27.5 Å². The van der Waals surface area contributed by atoms with Gasteiger partial charge in [-0.1, -0.05) is 53.9 Å². The van der Waals surface area contributed by atoms with Gasteiger partial charge in [0.1, 0.15) is 6.04 Å². The van der Waals surface area contributed by atoms with Gasteiger partial charge in [0.2, 0.25) is 11.8 Å². The van der Waals surface area contributed by atoms with Crippen molar-refractivity contribution in [3.63, 3.8) is 0 Å². The minimum Gasteiger partial charge on any atom is -0.481 e. The van der Waals surface area contributed by atoms with Crippen molar-refractivity contribution in [3.8, 4) is 5.88 Å². The first-order chi connectivity index (χ1) is 19.1. The predicted molar refractivity (Wildman–Crippen MR) is 161 cm³/mol. The summed E-state index contributed by atoms with van der Waals surface area (Å²) in [6.07, 6.45) is 2.74. The van der Waals surface area contributed by atoms with E-state index in [0.29, 0.717) is 17.9 Å². The minimum absolute atomic E-state index is 0.0554. The van der Waals surface area contributed by atoms with E-state index in [4.69, 9.17) is 10.5 Å². The fraction of sp³-hybridized carbons (Fsp3) is 0.581. The summed E-state index contributed by atoms with van der Waals surface area (Å²) in [7, 11) is 1.61. The molecule has 1 atom stereocenters. The third-order valence-electron chi connectivity index (χ3n) is 7.11. The number of carbonyl (C=O) groups excluding carboxylic acids is 2. The third-order valence-corrected chi connectivity index (χ3v) is 7.54. The average Bonchev–Trinajstić information content (AvgIpc) is 2.86. The van der Waals surface area contributed by atoms with E-state index in [-0.39, 0.29) is 17.4 Å². The summed E-state index contributed by atoms with van der Waals surface area (Å²) < 4.78 is 44.9. The zero-order valence-corrected chi connectivity index (χ0v) is 26.8. The number of primary amides is 1. The number of nitrogens with zero attached hydrogens (tertiary/aromatic N) is 1. The van der Waals surface area contributed by atoms with E-state index in [1.807, 2.05) is 26.8 Å². The molecule has 230 valence electrons. The van der Waals surface area contributed by atoms with E-state index < -0.39 is 29.6 Å². The second kappa shape index (κ2) is 17.4. The van der Waals surface area contributed by atoms with Crippen LogP contribution in [0.2, 0.25) is 0 Å². The Hall–Kier alpha value is -2.62. The molecule has 1 saturated carbocycles. The molecule has 41 heavy (non-hydrogen) atoms. The van der Waals surface area contributed by atoms with E-state index >= 15 is 0 Å². The van der Waals surface area contributed by atoms with Gasteiger partial charge in [-0.05, 0) is 89.7 Å². The van der Waals surface area contributed by atoms with Gasteiger partial charge >= 0.3 is 6.18 Å². The minimum atomic E-state index is -4.46. The zero-order valence-electron chi connectivity index (χ0n) is 25.2. The Balaban J connectivity index is 0.000000429. The number of nitrogens with one attached hydrogen (secondary N) is 1. The molecule has 0 aliphatic heterocycles. The number of rotatable bonds is 9. The lowest BCUT2D eigenvalue weighted by Gasteiger charge is -2.29. The maximum absolute atomic E-state index is 13.0. The Morgan fingerprint density at radius 1 is 1.15 bits per heavy atom. The van der Waals surface area contributed by atoms with Crippen LogP contribution in [0.25, 0.3) is 0 Å². The number of nitrogens with two attached hydrogens (primary N) is 1.